The number of anilines is 1. The number of halogens is 1. The molecule has 2 atom stereocenters. The van der Waals surface area contributed by atoms with Crippen LogP contribution in [0.15, 0.2) is 59.1 Å². The average Bonchev–Trinajstić information content (AvgIpc) is 3.36. The fraction of sp³-hybridized carbons (Fsp3) is 0.316. The molecule has 2 unspecified atom stereocenters. The van der Waals surface area contributed by atoms with Gasteiger partial charge in [0, 0.05) is 29.2 Å². The second kappa shape index (κ2) is 7.64. The van der Waals surface area contributed by atoms with Crippen LogP contribution in [-0.2, 0) is 4.79 Å². The first kappa shape index (κ1) is 16.1. The zero-order valence-electron chi connectivity index (χ0n) is 13.0. The molecule has 1 aliphatic rings. The molecular weight excluding hydrogens is 352 g/mol. The van der Waals surface area contributed by atoms with Gasteiger partial charge in [-0.15, -0.1) is 0 Å². The summed E-state index contributed by atoms with van der Waals surface area (Å²) in [6.07, 6.45) is 1.89. The minimum atomic E-state index is 0.145. The lowest BCUT2D eigenvalue weighted by Gasteiger charge is -2.07. The molecule has 0 aliphatic heterocycles. The summed E-state index contributed by atoms with van der Waals surface area (Å²) in [4.78, 5) is 12.2. The number of carbonyl (C=O) groups is 1. The number of rotatable bonds is 7. The van der Waals surface area contributed by atoms with Crippen LogP contribution in [0.2, 0.25) is 0 Å². The molecule has 0 aromatic heterocycles. The average molecular weight is 373 g/mol. The van der Waals surface area contributed by atoms with Gasteiger partial charge in [0.2, 0.25) is 5.91 Å². The number of para-hydroxylation sites is 1. The van der Waals surface area contributed by atoms with Gasteiger partial charge in [0.1, 0.15) is 0 Å². The zero-order chi connectivity index (χ0) is 16.1. The van der Waals surface area contributed by atoms with Crippen LogP contribution >= 0.6 is 15.9 Å². The Kier molecular flexibility index (Phi) is 5.34. The maximum Gasteiger partial charge on any atom is 0.223 e. The number of nitrogens with one attached hydrogen (secondary N) is 2. The quantitative estimate of drug-likeness (QED) is 0.716. The van der Waals surface area contributed by atoms with E-state index in [1.54, 1.807) is 0 Å². The Bertz CT molecular complexity index is 659. The zero-order valence-corrected chi connectivity index (χ0v) is 14.6. The summed E-state index contributed by atoms with van der Waals surface area (Å²) in [6.45, 7) is 1.59. The SMILES string of the molecule is O=C(NCCCNc1ccccc1)C1CC1c1cccc(Br)c1. The van der Waals surface area contributed by atoms with Crippen molar-refractivity contribution in [1.29, 1.82) is 0 Å². The van der Waals surface area contributed by atoms with Crippen molar-refractivity contribution in [2.45, 2.75) is 18.8 Å². The molecule has 120 valence electrons. The molecule has 2 aromatic rings. The van der Waals surface area contributed by atoms with Crippen LogP contribution in [0.4, 0.5) is 5.69 Å². The summed E-state index contributed by atoms with van der Waals surface area (Å²) in [5.41, 5.74) is 2.38. The van der Waals surface area contributed by atoms with Crippen molar-refractivity contribution in [3.8, 4) is 0 Å². The normalized spacial score (nSPS) is 19.2. The maximum absolute atomic E-state index is 12.2. The summed E-state index contributed by atoms with van der Waals surface area (Å²) >= 11 is 3.49. The van der Waals surface area contributed by atoms with E-state index in [1.807, 2.05) is 42.5 Å². The smallest absolute Gasteiger partial charge is 0.223 e. The minimum absolute atomic E-state index is 0.145. The molecule has 0 spiro atoms. The number of hydrogen-bond acceptors (Lipinski definition) is 2. The molecular formula is C19H21BrN2O. The summed E-state index contributed by atoms with van der Waals surface area (Å²) in [5.74, 6) is 0.719. The van der Waals surface area contributed by atoms with E-state index in [-0.39, 0.29) is 11.8 Å². The summed E-state index contributed by atoms with van der Waals surface area (Å²) in [6, 6.07) is 18.4. The predicted molar refractivity (Wildman–Crippen MR) is 97.5 cm³/mol. The second-order valence-electron chi connectivity index (χ2n) is 5.94. The van der Waals surface area contributed by atoms with Crippen LogP contribution in [0.1, 0.15) is 24.3 Å². The molecule has 0 heterocycles. The Balaban J connectivity index is 1.35. The number of carbonyl (C=O) groups excluding carboxylic acids is 1. The monoisotopic (exact) mass is 372 g/mol. The summed E-state index contributed by atoms with van der Waals surface area (Å²) in [7, 11) is 0. The Morgan fingerprint density at radius 2 is 1.91 bits per heavy atom. The van der Waals surface area contributed by atoms with Crippen LogP contribution in [0, 0.1) is 5.92 Å². The van der Waals surface area contributed by atoms with Crippen LogP contribution in [0.25, 0.3) is 0 Å². The first-order chi connectivity index (χ1) is 11.2. The Hall–Kier alpha value is -1.81. The van der Waals surface area contributed by atoms with Crippen molar-refractivity contribution in [1.82, 2.24) is 5.32 Å². The predicted octanol–water partition coefficient (Wildman–Crippen LogP) is 4.17. The molecule has 1 aliphatic carbocycles. The van der Waals surface area contributed by atoms with Crippen molar-refractivity contribution in [2.75, 3.05) is 18.4 Å². The van der Waals surface area contributed by atoms with E-state index in [4.69, 9.17) is 0 Å². The van der Waals surface area contributed by atoms with Crippen LogP contribution in [0.3, 0.4) is 0 Å². The van der Waals surface area contributed by atoms with Crippen LogP contribution < -0.4 is 10.6 Å². The highest BCUT2D eigenvalue weighted by Gasteiger charge is 2.43. The largest absolute Gasteiger partial charge is 0.385 e. The van der Waals surface area contributed by atoms with E-state index in [2.05, 4.69) is 38.7 Å². The van der Waals surface area contributed by atoms with Gasteiger partial charge in [-0.3, -0.25) is 4.79 Å². The topological polar surface area (TPSA) is 41.1 Å². The molecule has 3 nitrogen and oxygen atoms in total. The highest BCUT2D eigenvalue weighted by Crippen LogP contribution is 2.47. The lowest BCUT2D eigenvalue weighted by atomic mass is 10.1. The lowest BCUT2D eigenvalue weighted by Crippen LogP contribution is -2.27. The highest BCUT2D eigenvalue weighted by molar-refractivity contribution is 9.10. The number of benzene rings is 2. The standard InChI is InChI=1S/C19H21BrN2O/c20-15-7-4-6-14(12-15)17-13-18(17)19(23)22-11-5-10-21-16-8-2-1-3-9-16/h1-4,6-9,12,17-18,21H,5,10-11,13H2,(H,22,23). The van der Waals surface area contributed by atoms with Crippen LogP contribution in [0.5, 0.6) is 0 Å². The molecule has 1 amide bonds. The third kappa shape index (κ3) is 4.58. The Morgan fingerprint density at radius 3 is 2.70 bits per heavy atom. The third-order valence-electron chi connectivity index (χ3n) is 4.16. The van der Waals surface area contributed by atoms with Crippen molar-refractivity contribution < 1.29 is 4.79 Å². The second-order valence-corrected chi connectivity index (χ2v) is 6.86. The maximum atomic E-state index is 12.2. The molecule has 4 heteroatoms. The fourth-order valence-corrected chi connectivity index (χ4v) is 3.23. The molecule has 0 radical (unpaired) electrons. The van der Waals surface area contributed by atoms with Gasteiger partial charge in [-0.2, -0.15) is 0 Å². The summed E-state index contributed by atoms with van der Waals surface area (Å²) < 4.78 is 1.08. The van der Waals surface area contributed by atoms with Crippen molar-refractivity contribution in [2.24, 2.45) is 5.92 Å². The van der Waals surface area contributed by atoms with Gasteiger partial charge in [0.15, 0.2) is 0 Å². The van der Waals surface area contributed by atoms with Gasteiger partial charge in [0.25, 0.3) is 0 Å². The van der Waals surface area contributed by atoms with Crippen molar-refractivity contribution >= 4 is 27.5 Å². The van der Waals surface area contributed by atoms with E-state index in [0.29, 0.717) is 5.92 Å². The lowest BCUT2D eigenvalue weighted by molar-refractivity contribution is -0.122. The van der Waals surface area contributed by atoms with E-state index in [9.17, 15) is 4.79 Å². The molecule has 0 saturated heterocycles. The molecule has 2 N–H and O–H groups in total. The first-order valence-electron chi connectivity index (χ1n) is 8.06. The first-order valence-corrected chi connectivity index (χ1v) is 8.85. The Morgan fingerprint density at radius 1 is 1.09 bits per heavy atom. The Labute approximate surface area is 145 Å². The van der Waals surface area contributed by atoms with Crippen LogP contribution in [-0.4, -0.2) is 19.0 Å². The van der Waals surface area contributed by atoms with Gasteiger partial charge in [-0.25, -0.2) is 0 Å². The summed E-state index contributed by atoms with van der Waals surface area (Å²) in [5, 5.41) is 6.40. The molecule has 3 rings (SSSR count). The van der Waals surface area contributed by atoms with Crippen molar-refractivity contribution in [3.63, 3.8) is 0 Å². The fourth-order valence-electron chi connectivity index (χ4n) is 2.81. The molecule has 23 heavy (non-hydrogen) atoms. The van der Waals surface area contributed by atoms with E-state index in [1.165, 1.54) is 5.56 Å². The molecule has 1 fully saturated rings. The van der Waals surface area contributed by atoms with Gasteiger partial charge in [-0.05, 0) is 48.6 Å². The van der Waals surface area contributed by atoms with E-state index in [0.717, 1.165) is 36.1 Å². The van der Waals surface area contributed by atoms with Crippen molar-refractivity contribution in [3.05, 3.63) is 64.6 Å². The third-order valence-corrected chi connectivity index (χ3v) is 4.65. The van der Waals surface area contributed by atoms with Gasteiger partial charge < -0.3 is 10.6 Å². The molecule has 0 bridgehead atoms. The van der Waals surface area contributed by atoms with Gasteiger partial charge in [0.05, 0.1) is 0 Å². The number of hydrogen-bond donors (Lipinski definition) is 2. The molecule has 1 saturated carbocycles. The minimum Gasteiger partial charge on any atom is -0.385 e. The number of amides is 1. The van der Waals surface area contributed by atoms with Gasteiger partial charge >= 0.3 is 0 Å². The van der Waals surface area contributed by atoms with Gasteiger partial charge in [-0.1, -0.05) is 46.3 Å². The van der Waals surface area contributed by atoms with E-state index < -0.39 is 0 Å². The van der Waals surface area contributed by atoms with E-state index >= 15 is 0 Å². The highest BCUT2D eigenvalue weighted by atomic mass is 79.9. The molecule has 2 aromatic carbocycles.